The molecule has 0 radical (unpaired) electrons. The second kappa shape index (κ2) is 4.49. The Morgan fingerprint density at radius 3 is 2.59 bits per heavy atom. The highest BCUT2D eigenvalue weighted by Gasteiger charge is 2.17. The van der Waals surface area contributed by atoms with E-state index >= 15 is 0 Å². The molecule has 0 aliphatic rings. The molecule has 0 saturated carbocycles. The van der Waals surface area contributed by atoms with Crippen LogP contribution in [0, 0.1) is 0 Å². The molecule has 0 aliphatic carbocycles. The van der Waals surface area contributed by atoms with Gasteiger partial charge < -0.3 is 0 Å². The molecule has 0 bridgehead atoms. The van der Waals surface area contributed by atoms with Gasteiger partial charge in [0.1, 0.15) is 0 Å². The number of hydrogen-bond donors (Lipinski definition) is 0. The van der Waals surface area contributed by atoms with E-state index in [0.29, 0.717) is 5.88 Å². The van der Waals surface area contributed by atoms with Crippen LogP contribution in [0.2, 0.25) is 0 Å². The Balaban J connectivity index is 2.54. The van der Waals surface area contributed by atoms with Crippen molar-refractivity contribution in [2.45, 2.75) is 32.1 Å². The average molecular weight is 250 g/mol. The Morgan fingerprint density at radius 2 is 2.06 bits per heavy atom. The third-order valence-electron chi connectivity index (χ3n) is 2.53. The SMILES string of the molecule is CC(C)(C)c1cc(CCl)cc(-n2cccn2)n1. The third kappa shape index (κ3) is 2.67. The van der Waals surface area contributed by atoms with Gasteiger partial charge in [0.05, 0.1) is 0 Å². The molecular formula is C13H16ClN3. The summed E-state index contributed by atoms with van der Waals surface area (Å²) < 4.78 is 1.76. The predicted molar refractivity (Wildman–Crippen MR) is 69.6 cm³/mol. The van der Waals surface area contributed by atoms with Crippen LogP contribution < -0.4 is 0 Å². The van der Waals surface area contributed by atoms with Crippen molar-refractivity contribution >= 4 is 11.6 Å². The summed E-state index contributed by atoms with van der Waals surface area (Å²) in [7, 11) is 0. The van der Waals surface area contributed by atoms with Crippen molar-refractivity contribution in [2.75, 3.05) is 0 Å². The normalized spacial score (nSPS) is 11.8. The lowest BCUT2D eigenvalue weighted by Crippen LogP contribution is -2.15. The van der Waals surface area contributed by atoms with Gasteiger partial charge in [-0.25, -0.2) is 9.67 Å². The van der Waals surface area contributed by atoms with Crippen molar-refractivity contribution in [3.05, 3.63) is 41.9 Å². The van der Waals surface area contributed by atoms with Gasteiger partial charge in [-0.1, -0.05) is 20.8 Å². The summed E-state index contributed by atoms with van der Waals surface area (Å²) in [6.07, 6.45) is 3.62. The fourth-order valence-electron chi connectivity index (χ4n) is 1.55. The van der Waals surface area contributed by atoms with E-state index in [1.165, 1.54) is 0 Å². The fraction of sp³-hybridized carbons (Fsp3) is 0.385. The minimum absolute atomic E-state index is 0.00394. The van der Waals surface area contributed by atoms with Crippen molar-refractivity contribution in [3.63, 3.8) is 0 Å². The number of halogens is 1. The van der Waals surface area contributed by atoms with Crippen LogP contribution in [0.25, 0.3) is 5.82 Å². The lowest BCUT2D eigenvalue weighted by molar-refractivity contribution is 0.565. The van der Waals surface area contributed by atoms with Crippen molar-refractivity contribution < 1.29 is 0 Å². The van der Waals surface area contributed by atoms with Gasteiger partial charge in [0.2, 0.25) is 0 Å². The van der Waals surface area contributed by atoms with E-state index in [9.17, 15) is 0 Å². The van der Waals surface area contributed by atoms with Crippen LogP contribution in [-0.4, -0.2) is 14.8 Å². The molecule has 0 saturated heterocycles. The second-order valence-corrected chi connectivity index (χ2v) is 5.32. The first-order valence-electron chi connectivity index (χ1n) is 5.58. The first-order valence-corrected chi connectivity index (χ1v) is 6.11. The van der Waals surface area contributed by atoms with Crippen LogP contribution >= 0.6 is 11.6 Å². The van der Waals surface area contributed by atoms with Gasteiger partial charge in [-0.3, -0.25) is 0 Å². The maximum absolute atomic E-state index is 5.92. The van der Waals surface area contributed by atoms with Crippen LogP contribution in [0.1, 0.15) is 32.0 Å². The summed E-state index contributed by atoms with van der Waals surface area (Å²) >= 11 is 5.92. The average Bonchev–Trinajstić information content (AvgIpc) is 2.80. The van der Waals surface area contributed by atoms with E-state index in [4.69, 9.17) is 11.6 Å². The molecule has 0 amide bonds. The monoisotopic (exact) mass is 249 g/mol. The summed E-state index contributed by atoms with van der Waals surface area (Å²) in [5.74, 6) is 1.30. The van der Waals surface area contributed by atoms with Crippen LogP contribution in [0.3, 0.4) is 0 Å². The molecule has 0 unspecified atom stereocenters. The molecule has 4 heteroatoms. The Hall–Kier alpha value is -1.35. The molecular weight excluding hydrogens is 234 g/mol. The summed E-state index contributed by atoms with van der Waals surface area (Å²) in [6, 6.07) is 5.90. The van der Waals surface area contributed by atoms with Crippen molar-refractivity contribution in [2.24, 2.45) is 0 Å². The second-order valence-electron chi connectivity index (χ2n) is 5.05. The number of hydrogen-bond acceptors (Lipinski definition) is 2. The van der Waals surface area contributed by atoms with Gasteiger partial charge in [0.25, 0.3) is 0 Å². The molecule has 90 valence electrons. The third-order valence-corrected chi connectivity index (χ3v) is 2.84. The number of aromatic nitrogens is 3. The van der Waals surface area contributed by atoms with E-state index in [-0.39, 0.29) is 5.41 Å². The quantitative estimate of drug-likeness (QED) is 0.765. The predicted octanol–water partition coefficient (Wildman–Crippen LogP) is 3.30. The summed E-state index contributed by atoms with van der Waals surface area (Å²) in [5.41, 5.74) is 2.10. The minimum Gasteiger partial charge on any atom is -0.233 e. The fourth-order valence-corrected chi connectivity index (χ4v) is 1.71. The first-order chi connectivity index (χ1) is 8.00. The van der Waals surface area contributed by atoms with Gasteiger partial charge in [0.15, 0.2) is 5.82 Å². The Bertz CT molecular complexity index is 498. The molecule has 2 aromatic rings. The molecule has 0 atom stereocenters. The molecule has 17 heavy (non-hydrogen) atoms. The van der Waals surface area contributed by atoms with Crippen molar-refractivity contribution in [1.29, 1.82) is 0 Å². The maximum atomic E-state index is 5.92. The van der Waals surface area contributed by atoms with Gasteiger partial charge >= 0.3 is 0 Å². The highest BCUT2D eigenvalue weighted by Crippen LogP contribution is 2.23. The van der Waals surface area contributed by atoms with Crippen LogP contribution in [0.5, 0.6) is 0 Å². The summed E-state index contributed by atoms with van der Waals surface area (Å²) in [6.45, 7) is 6.42. The van der Waals surface area contributed by atoms with Gasteiger partial charge in [-0.05, 0) is 23.8 Å². The van der Waals surface area contributed by atoms with E-state index in [2.05, 4.69) is 36.9 Å². The largest absolute Gasteiger partial charge is 0.233 e. The Labute approximate surface area is 106 Å². The standard InChI is InChI=1S/C13H16ClN3/c1-13(2,3)11-7-10(9-14)8-12(16-11)17-6-4-5-15-17/h4-8H,9H2,1-3H3. The zero-order valence-corrected chi connectivity index (χ0v) is 11.1. The summed E-state index contributed by atoms with van der Waals surface area (Å²) in [4.78, 5) is 4.64. The van der Waals surface area contributed by atoms with E-state index < -0.39 is 0 Å². The van der Waals surface area contributed by atoms with Crippen molar-refractivity contribution in [1.82, 2.24) is 14.8 Å². The summed E-state index contributed by atoms with van der Waals surface area (Å²) in [5, 5.41) is 4.20. The number of pyridine rings is 1. The number of alkyl halides is 1. The molecule has 3 nitrogen and oxygen atoms in total. The minimum atomic E-state index is 0.00394. The molecule has 2 aromatic heterocycles. The number of rotatable bonds is 2. The van der Waals surface area contributed by atoms with E-state index in [0.717, 1.165) is 17.1 Å². The first kappa shape index (κ1) is 12.1. The lowest BCUT2D eigenvalue weighted by atomic mass is 9.91. The zero-order valence-electron chi connectivity index (χ0n) is 10.3. The number of nitrogens with zero attached hydrogens (tertiary/aromatic N) is 3. The molecule has 0 fully saturated rings. The van der Waals surface area contributed by atoms with E-state index in [1.807, 2.05) is 18.3 Å². The molecule has 0 aromatic carbocycles. The van der Waals surface area contributed by atoms with Gasteiger partial charge in [-0.15, -0.1) is 11.6 Å². The zero-order chi connectivity index (χ0) is 12.5. The van der Waals surface area contributed by atoms with Gasteiger partial charge in [0, 0.05) is 29.4 Å². The van der Waals surface area contributed by atoms with Crippen LogP contribution in [0.4, 0.5) is 0 Å². The molecule has 0 N–H and O–H groups in total. The Morgan fingerprint density at radius 1 is 1.29 bits per heavy atom. The van der Waals surface area contributed by atoms with Gasteiger partial charge in [-0.2, -0.15) is 5.10 Å². The highest BCUT2D eigenvalue weighted by molar-refractivity contribution is 6.17. The molecule has 0 aliphatic heterocycles. The van der Waals surface area contributed by atoms with Crippen LogP contribution in [-0.2, 0) is 11.3 Å². The lowest BCUT2D eigenvalue weighted by Gasteiger charge is -2.19. The molecule has 2 heterocycles. The maximum Gasteiger partial charge on any atom is 0.153 e. The molecule has 0 spiro atoms. The van der Waals surface area contributed by atoms with Crippen LogP contribution in [0.15, 0.2) is 30.6 Å². The topological polar surface area (TPSA) is 30.7 Å². The molecule has 2 rings (SSSR count). The Kier molecular flexibility index (Phi) is 3.20. The van der Waals surface area contributed by atoms with Crippen molar-refractivity contribution in [3.8, 4) is 5.82 Å². The highest BCUT2D eigenvalue weighted by atomic mass is 35.5. The van der Waals surface area contributed by atoms with E-state index in [1.54, 1.807) is 10.9 Å². The smallest absolute Gasteiger partial charge is 0.153 e.